The predicted octanol–water partition coefficient (Wildman–Crippen LogP) is 3.23. The SMILES string of the molecule is C=CCN1C[C@H]2CN(C(=O)CC(F)(F)F)CC[C@@]2(c2ccccc2)C1. The summed E-state index contributed by atoms with van der Waals surface area (Å²) in [7, 11) is 0. The first-order valence-electron chi connectivity index (χ1n) is 8.57. The molecular formula is C19H23F3N2O. The summed E-state index contributed by atoms with van der Waals surface area (Å²) in [5.41, 5.74) is 1.12. The number of fused-ring (bicyclic) bond motifs is 1. The molecule has 1 aromatic rings. The molecule has 3 nitrogen and oxygen atoms in total. The summed E-state index contributed by atoms with van der Waals surface area (Å²) >= 11 is 0. The number of rotatable bonds is 4. The van der Waals surface area contributed by atoms with Gasteiger partial charge in [0.15, 0.2) is 0 Å². The van der Waals surface area contributed by atoms with Gasteiger partial charge in [-0.15, -0.1) is 6.58 Å². The number of carbonyl (C=O) groups is 1. The third-order valence-corrected chi connectivity index (χ3v) is 5.47. The first-order chi connectivity index (χ1) is 11.8. The Hall–Kier alpha value is -1.82. The van der Waals surface area contributed by atoms with Gasteiger partial charge in [-0.2, -0.15) is 13.2 Å². The van der Waals surface area contributed by atoms with Crippen molar-refractivity contribution in [3.63, 3.8) is 0 Å². The Labute approximate surface area is 146 Å². The molecule has 0 unspecified atom stereocenters. The fourth-order valence-electron chi connectivity index (χ4n) is 4.36. The maximum atomic E-state index is 12.6. The van der Waals surface area contributed by atoms with Crippen molar-refractivity contribution in [2.45, 2.75) is 24.4 Å². The minimum Gasteiger partial charge on any atom is -0.342 e. The minimum absolute atomic E-state index is 0.0979. The van der Waals surface area contributed by atoms with Gasteiger partial charge < -0.3 is 4.90 Å². The molecular weight excluding hydrogens is 329 g/mol. The number of hydrogen-bond donors (Lipinski definition) is 0. The van der Waals surface area contributed by atoms with Crippen LogP contribution >= 0.6 is 0 Å². The second-order valence-corrected chi connectivity index (χ2v) is 7.08. The molecule has 3 rings (SSSR count). The molecule has 0 aliphatic carbocycles. The van der Waals surface area contributed by atoms with Crippen LogP contribution in [0.5, 0.6) is 0 Å². The highest BCUT2D eigenvalue weighted by Crippen LogP contribution is 2.45. The van der Waals surface area contributed by atoms with Crippen LogP contribution in [0.4, 0.5) is 13.2 Å². The summed E-state index contributed by atoms with van der Waals surface area (Å²) in [4.78, 5) is 15.7. The molecule has 2 aliphatic rings. The van der Waals surface area contributed by atoms with Crippen LogP contribution in [0.1, 0.15) is 18.4 Å². The van der Waals surface area contributed by atoms with Crippen molar-refractivity contribution in [3.05, 3.63) is 48.6 Å². The molecule has 2 saturated heterocycles. The molecule has 0 spiro atoms. The smallest absolute Gasteiger partial charge is 0.342 e. The largest absolute Gasteiger partial charge is 0.397 e. The van der Waals surface area contributed by atoms with Crippen LogP contribution in [0.3, 0.4) is 0 Å². The summed E-state index contributed by atoms with van der Waals surface area (Å²) in [6, 6.07) is 10.2. The molecule has 0 N–H and O–H groups in total. The number of likely N-dealkylation sites (tertiary alicyclic amines) is 2. The van der Waals surface area contributed by atoms with Crippen LogP contribution in [0, 0.1) is 5.92 Å². The summed E-state index contributed by atoms with van der Waals surface area (Å²) in [6.45, 7) is 6.94. The number of benzene rings is 1. The minimum atomic E-state index is -4.45. The Morgan fingerprint density at radius 2 is 2.00 bits per heavy atom. The number of amides is 1. The highest BCUT2D eigenvalue weighted by atomic mass is 19.4. The van der Waals surface area contributed by atoms with Crippen LogP contribution in [0.25, 0.3) is 0 Å². The third-order valence-electron chi connectivity index (χ3n) is 5.47. The molecule has 0 aromatic heterocycles. The molecule has 2 aliphatic heterocycles. The van der Waals surface area contributed by atoms with Crippen molar-refractivity contribution in [3.8, 4) is 0 Å². The molecule has 2 fully saturated rings. The van der Waals surface area contributed by atoms with Crippen LogP contribution in [-0.2, 0) is 10.2 Å². The van der Waals surface area contributed by atoms with Gasteiger partial charge in [0.05, 0.1) is 0 Å². The van der Waals surface area contributed by atoms with Crippen molar-refractivity contribution >= 4 is 5.91 Å². The van der Waals surface area contributed by atoms with Crippen molar-refractivity contribution in [1.82, 2.24) is 9.80 Å². The summed E-state index contributed by atoms with van der Waals surface area (Å²) in [5.74, 6) is -0.669. The molecule has 0 radical (unpaired) electrons. The van der Waals surface area contributed by atoms with E-state index in [0.717, 1.165) is 19.6 Å². The highest BCUT2D eigenvalue weighted by molar-refractivity contribution is 5.77. The number of piperidine rings is 1. The van der Waals surface area contributed by atoms with E-state index in [9.17, 15) is 18.0 Å². The highest BCUT2D eigenvalue weighted by Gasteiger charge is 2.51. The van der Waals surface area contributed by atoms with Crippen LogP contribution in [-0.4, -0.2) is 54.6 Å². The molecule has 136 valence electrons. The van der Waals surface area contributed by atoms with Gasteiger partial charge in [-0.3, -0.25) is 9.69 Å². The summed E-state index contributed by atoms with van der Waals surface area (Å²) in [5, 5.41) is 0. The second-order valence-electron chi connectivity index (χ2n) is 7.08. The second kappa shape index (κ2) is 6.83. The van der Waals surface area contributed by atoms with Crippen LogP contribution in [0.15, 0.2) is 43.0 Å². The van der Waals surface area contributed by atoms with Gasteiger partial charge in [-0.25, -0.2) is 0 Å². The van der Waals surface area contributed by atoms with E-state index >= 15 is 0 Å². The zero-order valence-electron chi connectivity index (χ0n) is 14.1. The Balaban J connectivity index is 1.81. The Morgan fingerprint density at radius 1 is 1.28 bits per heavy atom. The standard InChI is InChI=1S/C19H23F3N2O/c1-2-9-23-12-16-13-24(17(25)11-19(20,21)22)10-8-18(16,14-23)15-6-4-3-5-7-15/h2-7,16H,1,8-14H2/t16-,18-/m0/s1. The lowest BCUT2D eigenvalue weighted by Gasteiger charge is -2.44. The van der Waals surface area contributed by atoms with E-state index < -0.39 is 18.5 Å². The molecule has 6 heteroatoms. The van der Waals surface area contributed by atoms with E-state index in [-0.39, 0.29) is 11.3 Å². The molecule has 2 atom stereocenters. The molecule has 2 heterocycles. The van der Waals surface area contributed by atoms with E-state index in [4.69, 9.17) is 0 Å². The Morgan fingerprint density at radius 3 is 2.64 bits per heavy atom. The van der Waals surface area contributed by atoms with Gasteiger partial charge in [0, 0.05) is 44.1 Å². The third kappa shape index (κ3) is 3.73. The van der Waals surface area contributed by atoms with E-state index in [1.165, 1.54) is 10.5 Å². The maximum absolute atomic E-state index is 12.6. The van der Waals surface area contributed by atoms with Crippen molar-refractivity contribution in [2.24, 2.45) is 5.92 Å². The molecule has 1 amide bonds. The van der Waals surface area contributed by atoms with Crippen LogP contribution in [0.2, 0.25) is 0 Å². The van der Waals surface area contributed by atoms with Gasteiger partial charge in [-0.05, 0) is 12.0 Å². The molecule has 1 aromatic carbocycles. The summed E-state index contributed by atoms with van der Waals surface area (Å²) < 4.78 is 37.7. The van der Waals surface area contributed by atoms with E-state index in [1.54, 1.807) is 0 Å². The van der Waals surface area contributed by atoms with Gasteiger partial charge in [0.25, 0.3) is 0 Å². The zero-order valence-corrected chi connectivity index (χ0v) is 14.1. The summed E-state index contributed by atoms with van der Waals surface area (Å²) in [6.07, 6.45) is -3.27. The lowest BCUT2D eigenvalue weighted by atomic mass is 9.68. The normalized spacial score (nSPS) is 27.2. The van der Waals surface area contributed by atoms with Gasteiger partial charge >= 0.3 is 6.18 Å². The van der Waals surface area contributed by atoms with Gasteiger partial charge in [-0.1, -0.05) is 36.4 Å². The fourth-order valence-corrected chi connectivity index (χ4v) is 4.36. The number of halogens is 3. The molecule has 0 saturated carbocycles. The lowest BCUT2D eigenvalue weighted by Crippen LogP contribution is -2.51. The van der Waals surface area contributed by atoms with E-state index in [0.29, 0.717) is 19.5 Å². The van der Waals surface area contributed by atoms with E-state index in [2.05, 4.69) is 23.6 Å². The topological polar surface area (TPSA) is 23.6 Å². The van der Waals surface area contributed by atoms with Crippen LogP contribution < -0.4 is 0 Å². The Bertz CT molecular complexity index is 631. The van der Waals surface area contributed by atoms with Gasteiger partial charge in [0.1, 0.15) is 6.42 Å². The maximum Gasteiger partial charge on any atom is 0.397 e. The first-order valence-corrected chi connectivity index (χ1v) is 8.57. The number of hydrogen-bond acceptors (Lipinski definition) is 2. The Kier molecular flexibility index (Phi) is 4.91. The number of carbonyl (C=O) groups excluding carboxylic acids is 1. The monoisotopic (exact) mass is 352 g/mol. The van der Waals surface area contributed by atoms with Crippen molar-refractivity contribution in [1.29, 1.82) is 0 Å². The molecule has 0 bridgehead atoms. The lowest BCUT2D eigenvalue weighted by molar-refractivity contribution is -0.163. The fraction of sp³-hybridized carbons (Fsp3) is 0.526. The van der Waals surface area contributed by atoms with Crippen molar-refractivity contribution in [2.75, 3.05) is 32.7 Å². The zero-order chi connectivity index (χ0) is 18.1. The first kappa shape index (κ1) is 18.0. The molecule has 25 heavy (non-hydrogen) atoms. The van der Waals surface area contributed by atoms with Crippen molar-refractivity contribution < 1.29 is 18.0 Å². The average Bonchev–Trinajstić information content (AvgIpc) is 2.92. The average molecular weight is 352 g/mol. The number of alkyl halides is 3. The quantitative estimate of drug-likeness (QED) is 0.777. The predicted molar refractivity (Wildman–Crippen MR) is 90.1 cm³/mol. The van der Waals surface area contributed by atoms with E-state index in [1.807, 2.05) is 24.3 Å². The number of nitrogens with zero attached hydrogens (tertiary/aromatic N) is 2. The van der Waals surface area contributed by atoms with Gasteiger partial charge in [0.2, 0.25) is 5.91 Å².